The molecule has 3 aromatic rings. The van der Waals surface area contributed by atoms with Crippen molar-refractivity contribution in [1.29, 1.82) is 0 Å². The highest BCUT2D eigenvalue weighted by atomic mass is 32.2. The molecular weight excluding hydrogens is 705 g/mol. The van der Waals surface area contributed by atoms with E-state index in [1.54, 1.807) is 44.8 Å². The van der Waals surface area contributed by atoms with Crippen LogP contribution in [0.25, 0.3) is 6.08 Å². The number of fused-ring (bicyclic) bond motifs is 1. The van der Waals surface area contributed by atoms with Gasteiger partial charge in [-0.05, 0) is 57.0 Å². The fourth-order valence-corrected chi connectivity index (χ4v) is 7.43. The second-order valence-electron chi connectivity index (χ2n) is 12.0. The van der Waals surface area contributed by atoms with Crippen LogP contribution in [0.15, 0.2) is 57.7 Å². The Bertz CT molecular complexity index is 1840. The summed E-state index contributed by atoms with van der Waals surface area (Å²) in [5, 5.41) is 11.5. The van der Waals surface area contributed by atoms with Gasteiger partial charge in [-0.3, -0.25) is 19.3 Å². The second kappa shape index (κ2) is 15.9. The molecule has 2 aromatic heterocycles. The van der Waals surface area contributed by atoms with Crippen LogP contribution in [-0.4, -0.2) is 82.5 Å². The zero-order valence-corrected chi connectivity index (χ0v) is 30.6. The molecule has 4 heterocycles. The quantitative estimate of drug-likeness (QED) is 0.0837. The molecule has 2 atom stereocenters. The summed E-state index contributed by atoms with van der Waals surface area (Å²) in [6.07, 6.45) is 3.56. The monoisotopic (exact) mass is 740 g/mol. The minimum atomic E-state index is -0.975. The summed E-state index contributed by atoms with van der Waals surface area (Å²) in [7, 11) is 2.91. The number of rotatable bonds is 13. The first-order valence-corrected chi connectivity index (χ1v) is 18.1. The molecule has 1 aromatic carbocycles. The van der Waals surface area contributed by atoms with E-state index < -0.39 is 47.4 Å². The SMILES string of the molecule is CO/N=C(\C(=O)N[C@@H]1C(=O)N2C(C(=O)OCOC(=O)C(C)(C)C)=C(/C=C\c3scnc3C)CS[C@H]12)c1csc(NCc2ccc(OC)cc2)n1. The minimum Gasteiger partial charge on any atom is -0.497 e. The van der Waals surface area contributed by atoms with Crippen molar-refractivity contribution in [2.24, 2.45) is 10.6 Å². The van der Waals surface area contributed by atoms with Gasteiger partial charge in [-0.1, -0.05) is 23.4 Å². The van der Waals surface area contributed by atoms with Crippen molar-refractivity contribution >= 4 is 75.1 Å². The maximum atomic E-state index is 13.6. The molecule has 1 fully saturated rings. The van der Waals surface area contributed by atoms with Gasteiger partial charge in [-0.15, -0.1) is 34.4 Å². The summed E-state index contributed by atoms with van der Waals surface area (Å²) < 4.78 is 15.6. The largest absolute Gasteiger partial charge is 0.497 e. The molecule has 0 radical (unpaired) electrons. The fourth-order valence-electron chi connectivity index (χ4n) is 4.72. The molecule has 2 aliphatic rings. The average Bonchev–Trinajstić information content (AvgIpc) is 3.75. The van der Waals surface area contributed by atoms with Crippen molar-refractivity contribution < 1.29 is 38.2 Å². The number of carbonyl (C=O) groups excluding carboxylic acids is 4. The van der Waals surface area contributed by atoms with Crippen LogP contribution < -0.4 is 15.4 Å². The van der Waals surface area contributed by atoms with Gasteiger partial charge in [0.2, 0.25) is 6.79 Å². The molecule has 5 rings (SSSR count). The molecule has 17 heteroatoms. The van der Waals surface area contributed by atoms with E-state index in [1.165, 1.54) is 46.4 Å². The molecule has 0 unspecified atom stereocenters. The summed E-state index contributed by atoms with van der Waals surface area (Å²) in [5.41, 5.74) is 3.42. The van der Waals surface area contributed by atoms with Gasteiger partial charge < -0.3 is 29.7 Å². The summed E-state index contributed by atoms with van der Waals surface area (Å²) in [4.78, 5) is 68.6. The number of oxime groups is 1. The first-order chi connectivity index (χ1) is 23.9. The molecule has 2 N–H and O–H groups in total. The van der Waals surface area contributed by atoms with Gasteiger partial charge in [0.25, 0.3) is 11.8 Å². The number of carbonyl (C=O) groups is 4. The number of hydrogen-bond donors (Lipinski definition) is 2. The molecule has 50 heavy (non-hydrogen) atoms. The van der Waals surface area contributed by atoms with Gasteiger partial charge in [-0.25, -0.2) is 14.8 Å². The number of allylic oxidation sites excluding steroid dienone is 1. The Balaban J connectivity index is 1.29. The second-order valence-corrected chi connectivity index (χ2v) is 14.8. The minimum absolute atomic E-state index is 0.00679. The highest BCUT2D eigenvalue weighted by molar-refractivity contribution is 8.00. The normalized spacial score (nSPS) is 17.6. The molecule has 0 aliphatic carbocycles. The number of methoxy groups -OCH3 is 1. The van der Waals surface area contributed by atoms with Crippen molar-refractivity contribution in [2.45, 2.75) is 45.7 Å². The summed E-state index contributed by atoms with van der Waals surface area (Å²) in [5.74, 6) is -1.50. The number of anilines is 1. The summed E-state index contributed by atoms with van der Waals surface area (Å²) in [6.45, 7) is 6.77. The van der Waals surface area contributed by atoms with Gasteiger partial charge in [0.15, 0.2) is 10.8 Å². The molecule has 2 amide bonds. The van der Waals surface area contributed by atoms with E-state index in [0.29, 0.717) is 23.0 Å². The number of nitrogens with zero attached hydrogens (tertiary/aromatic N) is 4. The lowest BCUT2D eigenvalue weighted by Crippen LogP contribution is -2.71. The Hall–Kier alpha value is -4.74. The van der Waals surface area contributed by atoms with E-state index in [2.05, 4.69) is 25.8 Å². The predicted molar refractivity (Wildman–Crippen MR) is 190 cm³/mol. The molecule has 1 saturated heterocycles. The van der Waals surface area contributed by atoms with Gasteiger partial charge in [0.1, 0.15) is 35.7 Å². The van der Waals surface area contributed by atoms with Crippen LogP contribution in [0.4, 0.5) is 5.13 Å². The van der Waals surface area contributed by atoms with Crippen LogP contribution in [-0.2, 0) is 40.0 Å². The third-order valence-electron chi connectivity index (χ3n) is 7.44. The van der Waals surface area contributed by atoms with Crippen LogP contribution in [0.1, 0.15) is 42.6 Å². The van der Waals surface area contributed by atoms with E-state index in [-0.39, 0.29) is 17.1 Å². The van der Waals surface area contributed by atoms with Crippen LogP contribution in [0.5, 0.6) is 5.75 Å². The number of nitrogens with one attached hydrogen (secondary N) is 2. The number of esters is 2. The van der Waals surface area contributed by atoms with E-state index >= 15 is 0 Å². The highest BCUT2D eigenvalue weighted by Gasteiger charge is 2.54. The topological polar surface area (TPSA) is 171 Å². The molecule has 0 saturated carbocycles. The summed E-state index contributed by atoms with van der Waals surface area (Å²) >= 11 is 4.09. The van der Waals surface area contributed by atoms with Crippen molar-refractivity contribution in [3.63, 3.8) is 0 Å². The smallest absolute Gasteiger partial charge is 0.358 e. The number of thioether (sulfide) groups is 1. The molecule has 0 spiro atoms. The van der Waals surface area contributed by atoms with E-state index in [1.807, 2.05) is 37.3 Å². The lowest BCUT2D eigenvalue weighted by atomic mass is 9.98. The van der Waals surface area contributed by atoms with E-state index in [0.717, 1.165) is 21.9 Å². The average molecular weight is 741 g/mol. The molecule has 264 valence electrons. The maximum Gasteiger partial charge on any atom is 0.358 e. The number of aromatic nitrogens is 2. The molecular formula is C33H36N6O8S3. The van der Waals surface area contributed by atoms with E-state index in [4.69, 9.17) is 19.0 Å². The Kier molecular flexibility index (Phi) is 11.6. The maximum absolute atomic E-state index is 13.6. The number of amides is 2. The fraction of sp³-hybridized carbons (Fsp3) is 0.364. The van der Waals surface area contributed by atoms with Crippen LogP contribution in [0.3, 0.4) is 0 Å². The Labute approximate surface area is 300 Å². The number of benzene rings is 1. The van der Waals surface area contributed by atoms with Crippen LogP contribution in [0.2, 0.25) is 0 Å². The van der Waals surface area contributed by atoms with E-state index in [9.17, 15) is 19.2 Å². The zero-order chi connectivity index (χ0) is 36.0. The van der Waals surface area contributed by atoms with Crippen molar-refractivity contribution in [2.75, 3.05) is 32.1 Å². The Morgan fingerprint density at radius 1 is 1.10 bits per heavy atom. The third kappa shape index (κ3) is 8.34. The van der Waals surface area contributed by atoms with Gasteiger partial charge in [0, 0.05) is 22.6 Å². The molecule has 0 bridgehead atoms. The number of thiazole rings is 2. The first kappa shape index (κ1) is 36.5. The zero-order valence-electron chi connectivity index (χ0n) is 28.2. The van der Waals surface area contributed by atoms with Gasteiger partial charge >= 0.3 is 11.9 Å². The lowest BCUT2D eigenvalue weighted by Gasteiger charge is -2.49. The van der Waals surface area contributed by atoms with Gasteiger partial charge in [-0.2, -0.15) is 0 Å². The van der Waals surface area contributed by atoms with Gasteiger partial charge in [0.05, 0.1) is 23.7 Å². The van der Waals surface area contributed by atoms with Crippen molar-refractivity contribution in [3.05, 3.63) is 74.3 Å². The number of aryl methyl sites for hydroxylation is 1. The molecule has 14 nitrogen and oxygen atoms in total. The highest BCUT2D eigenvalue weighted by Crippen LogP contribution is 2.41. The number of ether oxygens (including phenoxy) is 3. The standard InChI is InChI=1S/C33H36N6O8S3/c1-18-23(50-16-35-18)12-9-20-14-48-29-25(28(41)39(29)26(20)30(42)46-17-47-31(43)33(2,3)4)37-27(40)24(38-45-6)22-15-49-32(36-22)34-13-19-7-10-21(44-5)11-8-19/h7-12,15-16,25,29H,13-14,17H2,1-6H3,(H,34,36)(H,37,40)/b12-9-,38-24-/t25-,29-/m1/s1. The van der Waals surface area contributed by atoms with Crippen molar-refractivity contribution in [3.8, 4) is 5.75 Å². The molecule has 2 aliphatic heterocycles. The Morgan fingerprint density at radius 3 is 2.52 bits per heavy atom. The predicted octanol–water partition coefficient (Wildman–Crippen LogP) is 4.34. The van der Waals surface area contributed by atoms with Crippen LogP contribution >= 0.6 is 34.4 Å². The first-order valence-electron chi connectivity index (χ1n) is 15.3. The van der Waals surface area contributed by atoms with Crippen molar-refractivity contribution in [1.82, 2.24) is 20.2 Å². The Morgan fingerprint density at radius 2 is 1.86 bits per heavy atom. The van der Waals surface area contributed by atoms with Crippen LogP contribution in [0, 0.1) is 12.3 Å². The summed E-state index contributed by atoms with van der Waals surface area (Å²) in [6, 6.07) is 6.60. The number of hydrogen-bond acceptors (Lipinski definition) is 15. The lowest BCUT2D eigenvalue weighted by molar-refractivity contribution is -0.173. The number of β-lactam (4-membered cyclic amide) rings is 1. The third-order valence-corrected chi connectivity index (χ3v) is 10.4.